The number of amides is 1. The molecule has 1 aromatic carbocycles. The molecule has 4 heteroatoms. The van der Waals surface area contributed by atoms with Crippen molar-refractivity contribution in [1.82, 2.24) is 9.97 Å². The van der Waals surface area contributed by atoms with Crippen molar-refractivity contribution in [3.8, 4) is 0 Å². The smallest absolute Gasteiger partial charge is 0.225 e. The van der Waals surface area contributed by atoms with Gasteiger partial charge in [0.1, 0.15) is 0 Å². The standard InChI is InChI=1S/C16H14N3O/c17-16(20)14(11-4-3-7-18-9-11)8-12-10-19-15-6-2-1-5-13(12)15/h1-7,10,14,19H,8H2,(H2,17,20). The topological polar surface area (TPSA) is 71.8 Å². The van der Waals surface area contributed by atoms with Crippen LogP contribution in [0.1, 0.15) is 17.0 Å². The Bertz CT molecular complexity index is 734. The Morgan fingerprint density at radius 3 is 2.90 bits per heavy atom. The SMILES string of the molecule is NC(=O)C(Cc1c[nH]c2ccccc12)c1[c]nccc1. The van der Waals surface area contributed by atoms with Crippen molar-refractivity contribution in [1.29, 1.82) is 0 Å². The Kier molecular flexibility index (Phi) is 3.21. The summed E-state index contributed by atoms with van der Waals surface area (Å²) in [6.07, 6.45) is 6.95. The van der Waals surface area contributed by atoms with Crippen LogP contribution < -0.4 is 5.73 Å². The lowest BCUT2D eigenvalue weighted by Gasteiger charge is -2.12. The minimum atomic E-state index is -0.414. The summed E-state index contributed by atoms with van der Waals surface area (Å²) in [6, 6.07) is 11.6. The molecular formula is C16H14N3O. The largest absolute Gasteiger partial charge is 0.369 e. The van der Waals surface area contributed by atoms with Gasteiger partial charge in [0.05, 0.1) is 12.1 Å². The number of aromatic amines is 1. The average molecular weight is 264 g/mol. The number of nitrogens with two attached hydrogens (primary N) is 1. The summed E-state index contributed by atoms with van der Waals surface area (Å²) in [6.45, 7) is 0. The van der Waals surface area contributed by atoms with Crippen LogP contribution in [0, 0.1) is 6.20 Å². The van der Waals surface area contributed by atoms with Crippen LogP contribution >= 0.6 is 0 Å². The molecule has 4 nitrogen and oxygen atoms in total. The fourth-order valence-corrected chi connectivity index (χ4v) is 2.42. The molecule has 0 spiro atoms. The number of H-pyrrole nitrogens is 1. The average Bonchev–Trinajstić information content (AvgIpc) is 2.88. The van der Waals surface area contributed by atoms with E-state index in [0.717, 1.165) is 22.0 Å². The Balaban J connectivity index is 1.97. The van der Waals surface area contributed by atoms with E-state index in [1.54, 1.807) is 12.3 Å². The molecule has 0 saturated heterocycles. The van der Waals surface area contributed by atoms with Crippen LogP contribution in [0.2, 0.25) is 0 Å². The number of hydrogen-bond acceptors (Lipinski definition) is 2. The monoisotopic (exact) mass is 264 g/mol. The fourth-order valence-electron chi connectivity index (χ4n) is 2.42. The summed E-state index contributed by atoms with van der Waals surface area (Å²) in [7, 11) is 0. The molecule has 2 aromatic heterocycles. The summed E-state index contributed by atoms with van der Waals surface area (Å²) in [5, 5.41) is 1.11. The summed E-state index contributed by atoms with van der Waals surface area (Å²) >= 11 is 0. The van der Waals surface area contributed by atoms with Crippen molar-refractivity contribution in [2.45, 2.75) is 12.3 Å². The van der Waals surface area contributed by atoms with Crippen molar-refractivity contribution < 1.29 is 4.79 Å². The Hall–Kier alpha value is -2.62. The number of hydrogen-bond donors (Lipinski definition) is 2. The van der Waals surface area contributed by atoms with E-state index in [-0.39, 0.29) is 5.91 Å². The predicted molar refractivity (Wildman–Crippen MR) is 77.0 cm³/mol. The molecule has 3 rings (SSSR count). The number of carbonyl (C=O) groups excluding carboxylic acids is 1. The second-order valence-corrected chi connectivity index (χ2v) is 4.72. The lowest BCUT2D eigenvalue weighted by molar-refractivity contribution is -0.119. The van der Waals surface area contributed by atoms with E-state index in [9.17, 15) is 4.79 Å². The number of fused-ring (bicyclic) bond motifs is 1. The van der Waals surface area contributed by atoms with Crippen molar-refractivity contribution in [2.75, 3.05) is 0 Å². The van der Waals surface area contributed by atoms with Gasteiger partial charge in [-0.25, -0.2) is 0 Å². The third kappa shape index (κ3) is 2.28. The van der Waals surface area contributed by atoms with Crippen LogP contribution in [-0.2, 0) is 11.2 Å². The molecule has 0 bridgehead atoms. The van der Waals surface area contributed by atoms with Crippen LogP contribution in [0.3, 0.4) is 0 Å². The summed E-state index contributed by atoms with van der Waals surface area (Å²) < 4.78 is 0. The zero-order valence-corrected chi connectivity index (χ0v) is 10.8. The molecule has 20 heavy (non-hydrogen) atoms. The first kappa shape index (κ1) is 12.4. The third-order valence-electron chi connectivity index (χ3n) is 3.45. The second kappa shape index (κ2) is 5.17. The van der Waals surface area contributed by atoms with Gasteiger partial charge in [0.25, 0.3) is 0 Å². The van der Waals surface area contributed by atoms with E-state index < -0.39 is 5.92 Å². The molecule has 0 fully saturated rings. The van der Waals surface area contributed by atoms with Crippen LogP contribution in [0.4, 0.5) is 0 Å². The number of pyridine rings is 1. The molecule has 1 atom stereocenters. The molecular weight excluding hydrogens is 250 g/mol. The molecule has 0 aliphatic rings. The molecule has 3 N–H and O–H groups in total. The maximum absolute atomic E-state index is 11.7. The molecule has 0 aliphatic carbocycles. The van der Waals surface area contributed by atoms with E-state index >= 15 is 0 Å². The quantitative estimate of drug-likeness (QED) is 0.758. The van der Waals surface area contributed by atoms with E-state index in [0.29, 0.717) is 6.42 Å². The highest BCUT2D eigenvalue weighted by molar-refractivity contribution is 5.86. The van der Waals surface area contributed by atoms with Crippen LogP contribution in [0.25, 0.3) is 10.9 Å². The maximum Gasteiger partial charge on any atom is 0.225 e. The normalized spacial score (nSPS) is 12.4. The maximum atomic E-state index is 11.7. The van der Waals surface area contributed by atoms with Crippen molar-refractivity contribution in [2.24, 2.45) is 5.73 Å². The lowest BCUT2D eigenvalue weighted by atomic mass is 9.92. The fraction of sp³-hybridized carbons (Fsp3) is 0.125. The molecule has 1 radical (unpaired) electrons. The van der Waals surface area contributed by atoms with Crippen molar-refractivity contribution in [3.05, 3.63) is 66.1 Å². The van der Waals surface area contributed by atoms with E-state index in [4.69, 9.17) is 5.73 Å². The molecule has 99 valence electrons. The van der Waals surface area contributed by atoms with E-state index in [1.165, 1.54) is 0 Å². The first-order valence-electron chi connectivity index (χ1n) is 6.42. The number of benzene rings is 1. The Labute approximate surface area is 116 Å². The van der Waals surface area contributed by atoms with Gasteiger partial charge in [-0.15, -0.1) is 0 Å². The van der Waals surface area contributed by atoms with Gasteiger partial charge in [-0.2, -0.15) is 0 Å². The molecule has 1 unspecified atom stereocenters. The molecule has 0 saturated carbocycles. The molecule has 0 aliphatic heterocycles. The van der Waals surface area contributed by atoms with Gasteiger partial charge in [0.15, 0.2) is 0 Å². The van der Waals surface area contributed by atoms with Crippen LogP contribution in [0.5, 0.6) is 0 Å². The molecule has 3 aromatic rings. The summed E-state index contributed by atoms with van der Waals surface area (Å²) in [5.41, 5.74) is 8.39. The van der Waals surface area contributed by atoms with Gasteiger partial charge in [0, 0.05) is 23.3 Å². The van der Waals surface area contributed by atoms with Gasteiger partial charge >= 0.3 is 0 Å². The number of nitrogens with zero attached hydrogens (tertiary/aromatic N) is 1. The first-order chi connectivity index (χ1) is 9.75. The minimum absolute atomic E-state index is 0.362. The van der Waals surface area contributed by atoms with Gasteiger partial charge in [-0.05, 0) is 29.7 Å². The number of primary amides is 1. The summed E-state index contributed by atoms with van der Waals surface area (Å²) in [5.74, 6) is -0.776. The van der Waals surface area contributed by atoms with E-state index in [1.807, 2.05) is 36.5 Å². The molecule has 2 heterocycles. The zero-order chi connectivity index (χ0) is 13.9. The van der Waals surface area contributed by atoms with Crippen LogP contribution in [-0.4, -0.2) is 15.9 Å². The van der Waals surface area contributed by atoms with Crippen molar-refractivity contribution >= 4 is 16.8 Å². The number of aromatic nitrogens is 2. The highest BCUT2D eigenvalue weighted by Gasteiger charge is 2.20. The second-order valence-electron chi connectivity index (χ2n) is 4.72. The predicted octanol–water partition coefficient (Wildman–Crippen LogP) is 2.17. The zero-order valence-electron chi connectivity index (χ0n) is 10.8. The highest BCUT2D eigenvalue weighted by atomic mass is 16.1. The summed E-state index contributed by atoms with van der Waals surface area (Å²) in [4.78, 5) is 18.9. The first-order valence-corrected chi connectivity index (χ1v) is 6.42. The van der Waals surface area contributed by atoms with Gasteiger partial charge < -0.3 is 10.7 Å². The number of nitrogens with one attached hydrogen (secondary N) is 1. The Morgan fingerprint density at radius 1 is 1.30 bits per heavy atom. The van der Waals surface area contributed by atoms with Gasteiger partial charge in [-0.3, -0.25) is 9.78 Å². The number of carbonyl (C=O) groups is 1. The van der Waals surface area contributed by atoms with Gasteiger partial charge in [-0.1, -0.05) is 24.3 Å². The third-order valence-corrected chi connectivity index (χ3v) is 3.45. The van der Waals surface area contributed by atoms with Crippen LogP contribution in [0.15, 0.2) is 48.8 Å². The number of rotatable bonds is 4. The lowest BCUT2D eigenvalue weighted by Crippen LogP contribution is -2.23. The van der Waals surface area contributed by atoms with Crippen molar-refractivity contribution in [3.63, 3.8) is 0 Å². The molecule has 1 amide bonds. The number of para-hydroxylation sites is 1. The minimum Gasteiger partial charge on any atom is -0.369 e. The van der Waals surface area contributed by atoms with E-state index in [2.05, 4.69) is 16.2 Å². The van der Waals surface area contributed by atoms with Gasteiger partial charge in [0.2, 0.25) is 5.91 Å². The highest BCUT2D eigenvalue weighted by Crippen LogP contribution is 2.25. The Morgan fingerprint density at radius 2 is 2.15 bits per heavy atom.